The van der Waals surface area contributed by atoms with Gasteiger partial charge in [-0.15, -0.1) is 0 Å². The highest BCUT2D eigenvalue weighted by atomic mass is 16.5. The molecule has 1 fully saturated rings. The van der Waals surface area contributed by atoms with E-state index >= 15 is 0 Å². The smallest absolute Gasteiger partial charge is 0.329 e. The fourth-order valence-electron chi connectivity index (χ4n) is 3.25. The van der Waals surface area contributed by atoms with Crippen molar-refractivity contribution in [3.63, 3.8) is 0 Å². The van der Waals surface area contributed by atoms with Gasteiger partial charge in [0, 0.05) is 13.1 Å². The Labute approximate surface area is 176 Å². The number of rotatable bonds is 6. The minimum atomic E-state index is -0.720. The first kappa shape index (κ1) is 21.4. The summed E-state index contributed by atoms with van der Waals surface area (Å²) in [6.45, 7) is 1.68. The Kier molecular flexibility index (Phi) is 7.83. The van der Waals surface area contributed by atoms with Crippen LogP contribution in [0.2, 0.25) is 0 Å². The summed E-state index contributed by atoms with van der Waals surface area (Å²) in [6.07, 6.45) is 5.52. The highest BCUT2D eigenvalue weighted by molar-refractivity contribution is 6.35. The standard InChI is InChI=1S/C23H27N3O4/c1-29-21-15-19(11-12-20(21)30-17-18-9-5-4-6-10-18)16-24-25-22(27)23(28)26-13-7-2-3-8-14-26/h4-6,9-12,15-16H,2-3,7-8,13-14,17H2,1H3,(H,25,27)/b24-16-. The Morgan fingerprint density at radius 2 is 1.77 bits per heavy atom. The Hall–Kier alpha value is -3.35. The normalized spacial score (nSPS) is 14.2. The number of nitrogens with one attached hydrogen (secondary N) is 1. The lowest BCUT2D eigenvalue weighted by Crippen LogP contribution is -2.41. The zero-order valence-electron chi connectivity index (χ0n) is 17.2. The van der Waals surface area contributed by atoms with Gasteiger partial charge in [-0.25, -0.2) is 5.43 Å². The predicted molar refractivity (Wildman–Crippen MR) is 115 cm³/mol. The van der Waals surface area contributed by atoms with Crippen LogP contribution < -0.4 is 14.9 Å². The molecule has 0 aliphatic carbocycles. The third-order valence-corrected chi connectivity index (χ3v) is 4.89. The van der Waals surface area contributed by atoms with Crippen LogP contribution in [0.1, 0.15) is 36.8 Å². The van der Waals surface area contributed by atoms with E-state index in [1.54, 1.807) is 30.2 Å². The van der Waals surface area contributed by atoms with E-state index in [9.17, 15) is 9.59 Å². The molecule has 2 aromatic carbocycles. The number of benzene rings is 2. The molecule has 0 bridgehead atoms. The van der Waals surface area contributed by atoms with Gasteiger partial charge >= 0.3 is 11.8 Å². The van der Waals surface area contributed by atoms with Crippen molar-refractivity contribution in [1.29, 1.82) is 0 Å². The maximum Gasteiger partial charge on any atom is 0.329 e. The lowest BCUT2D eigenvalue weighted by Gasteiger charge is -2.18. The first-order valence-electron chi connectivity index (χ1n) is 10.1. The summed E-state index contributed by atoms with van der Waals surface area (Å²) >= 11 is 0. The third-order valence-electron chi connectivity index (χ3n) is 4.89. The topological polar surface area (TPSA) is 80.2 Å². The van der Waals surface area contributed by atoms with E-state index in [2.05, 4.69) is 10.5 Å². The monoisotopic (exact) mass is 409 g/mol. The average Bonchev–Trinajstić information content (AvgIpc) is 3.07. The molecule has 2 aromatic rings. The molecule has 0 unspecified atom stereocenters. The second-order valence-electron chi connectivity index (χ2n) is 7.09. The predicted octanol–water partition coefficient (Wildman–Crippen LogP) is 3.13. The molecule has 0 atom stereocenters. The molecule has 1 saturated heterocycles. The summed E-state index contributed by atoms with van der Waals surface area (Å²) in [5.74, 6) is -0.0834. The lowest BCUT2D eigenvalue weighted by atomic mass is 10.2. The van der Waals surface area contributed by atoms with Crippen molar-refractivity contribution in [2.24, 2.45) is 5.10 Å². The van der Waals surface area contributed by atoms with Crippen molar-refractivity contribution < 1.29 is 19.1 Å². The van der Waals surface area contributed by atoms with Gasteiger partial charge in [0.15, 0.2) is 11.5 Å². The van der Waals surface area contributed by atoms with Crippen molar-refractivity contribution in [3.8, 4) is 11.5 Å². The number of amides is 2. The van der Waals surface area contributed by atoms with Gasteiger partial charge in [0.25, 0.3) is 0 Å². The molecular formula is C23H27N3O4. The average molecular weight is 409 g/mol. The molecule has 1 N–H and O–H groups in total. The van der Waals surface area contributed by atoms with Crippen molar-refractivity contribution in [2.75, 3.05) is 20.2 Å². The van der Waals surface area contributed by atoms with Crippen LogP contribution in [0.4, 0.5) is 0 Å². The molecule has 1 heterocycles. The van der Waals surface area contributed by atoms with Gasteiger partial charge < -0.3 is 14.4 Å². The van der Waals surface area contributed by atoms with Crippen molar-refractivity contribution >= 4 is 18.0 Å². The molecule has 1 aliphatic rings. The number of carbonyl (C=O) groups excluding carboxylic acids is 2. The maximum absolute atomic E-state index is 12.2. The summed E-state index contributed by atoms with van der Waals surface area (Å²) in [5, 5.41) is 3.91. The number of hydrogen-bond donors (Lipinski definition) is 1. The summed E-state index contributed by atoms with van der Waals surface area (Å²) in [5.41, 5.74) is 4.08. The molecule has 0 saturated carbocycles. The van der Waals surface area contributed by atoms with Gasteiger partial charge in [0.2, 0.25) is 0 Å². The van der Waals surface area contributed by atoms with E-state index in [0.29, 0.717) is 36.8 Å². The summed E-state index contributed by atoms with van der Waals surface area (Å²) in [4.78, 5) is 25.9. The first-order chi connectivity index (χ1) is 14.7. The van der Waals surface area contributed by atoms with Crippen LogP contribution in [0, 0.1) is 0 Å². The van der Waals surface area contributed by atoms with Crippen LogP contribution in [0.25, 0.3) is 0 Å². The van der Waals surface area contributed by atoms with Gasteiger partial charge in [0.1, 0.15) is 6.61 Å². The molecule has 30 heavy (non-hydrogen) atoms. The number of carbonyl (C=O) groups is 2. The highest BCUT2D eigenvalue weighted by Gasteiger charge is 2.22. The van der Waals surface area contributed by atoms with Gasteiger partial charge in [0.05, 0.1) is 13.3 Å². The quantitative estimate of drug-likeness (QED) is 0.452. The van der Waals surface area contributed by atoms with Crippen molar-refractivity contribution in [1.82, 2.24) is 10.3 Å². The maximum atomic E-state index is 12.2. The van der Waals surface area contributed by atoms with E-state index in [-0.39, 0.29) is 0 Å². The Morgan fingerprint density at radius 3 is 2.47 bits per heavy atom. The van der Waals surface area contributed by atoms with E-state index < -0.39 is 11.8 Å². The number of likely N-dealkylation sites (tertiary alicyclic amines) is 1. The van der Waals surface area contributed by atoms with E-state index in [0.717, 1.165) is 31.2 Å². The Balaban J connectivity index is 1.55. The SMILES string of the molecule is COc1cc(/C=N\NC(=O)C(=O)N2CCCCCC2)ccc1OCc1ccccc1. The molecule has 0 radical (unpaired) electrons. The number of nitrogens with zero attached hydrogens (tertiary/aromatic N) is 2. The summed E-state index contributed by atoms with van der Waals surface area (Å²) in [7, 11) is 1.56. The van der Waals surface area contributed by atoms with Crippen LogP contribution in [-0.4, -0.2) is 43.1 Å². The first-order valence-corrected chi connectivity index (χ1v) is 10.1. The molecule has 7 nitrogen and oxygen atoms in total. The van der Waals surface area contributed by atoms with Crippen LogP contribution in [-0.2, 0) is 16.2 Å². The van der Waals surface area contributed by atoms with E-state index in [1.807, 2.05) is 30.3 Å². The second-order valence-corrected chi connectivity index (χ2v) is 7.09. The number of hydrogen-bond acceptors (Lipinski definition) is 5. The minimum absolute atomic E-state index is 0.430. The molecule has 3 rings (SSSR count). The molecule has 2 amide bonds. The molecule has 0 aromatic heterocycles. The van der Waals surface area contributed by atoms with Crippen LogP contribution in [0.3, 0.4) is 0 Å². The largest absolute Gasteiger partial charge is 0.493 e. The zero-order valence-corrected chi connectivity index (χ0v) is 17.2. The van der Waals surface area contributed by atoms with Crippen LogP contribution in [0.15, 0.2) is 53.6 Å². The number of hydrazone groups is 1. The molecule has 1 aliphatic heterocycles. The Morgan fingerprint density at radius 1 is 1.03 bits per heavy atom. The minimum Gasteiger partial charge on any atom is -0.493 e. The van der Waals surface area contributed by atoms with E-state index in [1.165, 1.54) is 6.21 Å². The van der Waals surface area contributed by atoms with Crippen molar-refractivity contribution in [3.05, 3.63) is 59.7 Å². The van der Waals surface area contributed by atoms with E-state index in [4.69, 9.17) is 9.47 Å². The molecule has 0 spiro atoms. The second kappa shape index (κ2) is 11.0. The number of ether oxygens (including phenoxy) is 2. The fraction of sp³-hybridized carbons (Fsp3) is 0.348. The Bertz CT molecular complexity index is 875. The number of methoxy groups -OCH3 is 1. The van der Waals surface area contributed by atoms with Gasteiger partial charge in [-0.1, -0.05) is 43.2 Å². The molecular weight excluding hydrogens is 382 g/mol. The van der Waals surface area contributed by atoms with Gasteiger partial charge in [-0.05, 0) is 42.2 Å². The summed E-state index contributed by atoms with van der Waals surface area (Å²) < 4.78 is 11.2. The molecule has 7 heteroatoms. The molecule has 158 valence electrons. The van der Waals surface area contributed by atoms with Crippen LogP contribution in [0.5, 0.6) is 11.5 Å². The zero-order chi connectivity index (χ0) is 21.2. The van der Waals surface area contributed by atoms with Gasteiger partial charge in [-0.2, -0.15) is 5.10 Å². The summed E-state index contributed by atoms with van der Waals surface area (Å²) in [6, 6.07) is 15.2. The third kappa shape index (κ3) is 6.07. The van der Waals surface area contributed by atoms with Crippen LogP contribution >= 0.6 is 0 Å². The fourth-order valence-corrected chi connectivity index (χ4v) is 3.25. The lowest BCUT2D eigenvalue weighted by molar-refractivity contribution is -0.145. The highest BCUT2D eigenvalue weighted by Crippen LogP contribution is 2.28. The van der Waals surface area contributed by atoms with Gasteiger partial charge in [-0.3, -0.25) is 9.59 Å². The van der Waals surface area contributed by atoms with Crippen molar-refractivity contribution in [2.45, 2.75) is 32.3 Å².